The Morgan fingerprint density at radius 3 is 2.28 bits per heavy atom. The zero-order valence-electron chi connectivity index (χ0n) is 10.7. The van der Waals surface area contributed by atoms with Gasteiger partial charge in [0.1, 0.15) is 5.82 Å². The third kappa shape index (κ3) is 2.77. The van der Waals surface area contributed by atoms with E-state index in [9.17, 15) is 9.50 Å². The van der Waals surface area contributed by atoms with E-state index in [0.717, 1.165) is 16.7 Å². The van der Waals surface area contributed by atoms with Gasteiger partial charge in [-0.2, -0.15) is 0 Å². The predicted molar refractivity (Wildman–Crippen MR) is 70.9 cm³/mol. The molecule has 1 nitrogen and oxygen atoms in total. The van der Waals surface area contributed by atoms with Crippen LogP contribution >= 0.6 is 0 Å². The normalized spacial score (nSPS) is 14.2. The van der Waals surface area contributed by atoms with Gasteiger partial charge in [0.05, 0.1) is 5.60 Å². The lowest BCUT2D eigenvalue weighted by Gasteiger charge is -2.25. The number of aryl methyl sites for hydroxylation is 1. The Balaban J connectivity index is 2.27. The van der Waals surface area contributed by atoms with Crippen molar-refractivity contribution < 1.29 is 9.50 Å². The van der Waals surface area contributed by atoms with Gasteiger partial charge >= 0.3 is 0 Å². The quantitative estimate of drug-likeness (QED) is 0.875. The third-order valence-electron chi connectivity index (χ3n) is 3.26. The maximum absolute atomic E-state index is 12.9. The van der Waals surface area contributed by atoms with E-state index in [1.54, 1.807) is 19.1 Å². The monoisotopic (exact) mass is 244 g/mol. The molecule has 0 radical (unpaired) electrons. The van der Waals surface area contributed by atoms with Crippen LogP contribution in [0.15, 0.2) is 48.5 Å². The summed E-state index contributed by atoms with van der Waals surface area (Å²) in [5.41, 5.74) is 2.00. The van der Waals surface area contributed by atoms with Crippen LogP contribution in [0.25, 0.3) is 0 Å². The Bertz CT molecular complexity index is 529. The highest BCUT2D eigenvalue weighted by atomic mass is 19.1. The number of aliphatic hydroxyl groups is 1. The molecular formula is C16H17FO. The number of hydrogen-bond acceptors (Lipinski definition) is 1. The highest BCUT2D eigenvalue weighted by Crippen LogP contribution is 2.26. The van der Waals surface area contributed by atoms with Crippen molar-refractivity contribution in [3.8, 4) is 0 Å². The topological polar surface area (TPSA) is 20.2 Å². The van der Waals surface area contributed by atoms with Crippen LogP contribution in [0.4, 0.5) is 4.39 Å². The largest absolute Gasteiger partial charge is 0.385 e. The van der Waals surface area contributed by atoms with E-state index < -0.39 is 5.60 Å². The van der Waals surface area contributed by atoms with E-state index in [4.69, 9.17) is 0 Å². The smallest absolute Gasteiger partial charge is 0.123 e. The van der Waals surface area contributed by atoms with Crippen LogP contribution in [0.1, 0.15) is 23.6 Å². The summed E-state index contributed by atoms with van der Waals surface area (Å²) in [6.45, 7) is 3.78. The van der Waals surface area contributed by atoms with Crippen molar-refractivity contribution in [2.75, 3.05) is 0 Å². The van der Waals surface area contributed by atoms with Crippen molar-refractivity contribution >= 4 is 0 Å². The summed E-state index contributed by atoms with van der Waals surface area (Å²) in [5, 5.41) is 10.5. The molecule has 0 aromatic heterocycles. The van der Waals surface area contributed by atoms with Gasteiger partial charge in [-0.3, -0.25) is 0 Å². The summed E-state index contributed by atoms with van der Waals surface area (Å²) in [6.07, 6.45) is 0.519. The Labute approximate surface area is 107 Å². The minimum absolute atomic E-state index is 0.287. The lowest BCUT2D eigenvalue weighted by atomic mass is 9.87. The molecule has 0 heterocycles. The Morgan fingerprint density at radius 2 is 1.67 bits per heavy atom. The third-order valence-corrected chi connectivity index (χ3v) is 3.26. The summed E-state index contributed by atoms with van der Waals surface area (Å²) < 4.78 is 12.9. The van der Waals surface area contributed by atoms with Crippen molar-refractivity contribution in [2.24, 2.45) is 0 Å². The second-order valence-electron chi connectivity index (χ2n) is 4.88. The molecule has 18 heavy (non-hydrogen) atoms. The Morgan fingerprint density at radius 1 is 1.06 bits per heavy atom. The minimum atomic E-state index is -0.986. The highest BCUT2D eigenvalue weighted by Gasteiger charge is 2.24. The molecule has 1 unspecified atom stereocenters. The van der Waals surface area contributed by atoms with Crippen LogP contribution in [0.3, 0.4) is 0 Å². The van der Waals surface area contributed by atoms with Crippen molar-refractivity contribution in [3.63, 3.8) is 0 Å². The lowest BCUT2D eigenvalue weighted by Crippen LogP contribution is -2.24. The molecule has 0 aliphatic heterocycles. The molecule has 0 fully saturated rings. The van der Waals surface area contributed by atoms with Crippen LogP contribution in [-0.4, -0.2) is 5.11 Å². The molecule has 0 aliphatic carbocycles. The highest BCUT2D eigenvalue weighted by molar-refractivity contribution is 5.30. The second-order valence-corrected chi connectivity index (χ2v) is 4.88. The van der Waals surface area contributed by atoms with Crippen molar-refractivity contribution in [3.05, 3.63) is 71.0 Å². The summed E-state index contributed by atoms with van der Waals surface area (Å²) >= 11 is 0. The van der Waals surface area contributed by atoms with Gasteiger partial charge in [0.25, 0.3) is 0 Å². The summed E-state index contributed by atoms with van der Waals surface area (Å²) in [4.78, 5) is 0. The van der Waals surface area contributed by atoms with Gasteiger partial charge in [-0.25, -0.2) is 4.39 Å². The SMILES string of the molecule is Cc1ccccc1CC(C)(O)c1ccc(F)cc1. The van der Waals surface area contributed by atoms with E-state index in [1.807, 2.05) is 31.2 Å². The molecule has 0 aliphatic rings. The number of hydrogen-bond donors (Lipinski definition) is 1. The molecule has 1 atom stereocenters. The van der Waals surface area contributed by atoms with E-state index >= 15 is 0 Å². The molecular weight excluding hydrogens is 227 g/mol. The standard InChI is InChI=1S/C16H17FO/c1-12-5-3-4-6-13(12)11-16(2,18)14-7-9-15(17)10-8-14/h3-10,18H,11H2,1-2H3. The van der Waals surface area contributed by atoms with Gasteiger partial charge < -0.3 is 5.11 Å². The molecule has 2 heteroatoms. The molecule has 2 aromatic rings. The fourth-order valence-electron chi connectivity index (χ4n) is 2.09. The molecule has 0 spiro atoms. The fourth-order valence-corrected chi connectivity index (χ4v) is 2.09. The second kappa shape index (κ2) is 4.91. The van der Waals surface area contributed by atoms with Gasteiger partial charge in [0.15, 0.2) is 0 Å². The zero-order valence-corrected chi connectivity index (χ0v) is 10.7. The molecule has 1 N–H and O–H groups in total. The van der Waals surface area contributed by atoms with E-state index in [1.165, 1.54) is 12.1 Å². The summed E-state index contributed by atoms with van der Waals surface area (Å²) in [6, 6.07) is 14.0. The Hall–Kier alpha value is -1.67. The molecule has 94 valence electrons. The number of benzene rings is 2. The summed E-state index contributed by atoms with van der Waals surface area (Å²) in [5.74, 6) is -0.287. The summed E-state index contributed by atoms with van der Waals surface area (Å²) in [7, 11) is 0. The first kappa shape index (κ1) is 12.8. The van der Waals surface area contributed by atoms with E-state index in [-0.39, 0.29) is 5.82 Å². The molecule has 0 saturated heterocycles. The van der Waals surface area contributed by atoms with Crippen LogP contribution in [0.5, 0.6) is 0 Å². The van der Waals surface area contributed by atoms with Gasteiger partial charge in [0, 0.05) is 6.42 Å². The maximum atomic E-state index is 12.9. The van der Waals surface area contributed by atoms with Gasteiger partial charge in [-0.1, -0.05) is 36.4 Å². The van der Waals surface area contributed by atoms with Crippen LogP contribution in [0, 0.1) is 12.7 Å². The van der Waals surface area contributed by atoms with Gasteiger partial charge in [-0.15, -0.1) is 0 Å². The molecule has 0 amide bonds. The van der Waals surface area contributed by atoms with Gasteiger partial charge in [-0.05, 0) is 42.7 Å². The first-order chi connectivity index (χ1) is 8.49. The average Bonchev–Trinajstić information content (AvgIpc) is 2.32. The first-order valence-electron chi connectivity index (χ1n) is 6.02. The average molecular weight is 244 g/mol. The molecule has 0 saturated carbocycles. The molecule has 2 aromatic carbocycles. The maximum Gasteiger partial charge on any atom is 0.123 e. The van der Waals surface area contributed by atoms with Crippen LogP contribution in [0.2, 0.25) is 0 Å². The lowest BCUT2D eigenvalue weighted by molar-refractivity contribution is 0.0574. The van der Waals surface area contributed by atoms with Crippen LogP contribution in [-0.2, 0) is 12.0 Å². The van der Waals surface area contributed by atoms with Crippen molar-refractivity contribution in [2.45, 2.75) is 25.9 Å². The first-order valence-corrected chi connectivity index (χ1v) is 6.02. The number of halogens is 1. The van der Waals surface area contributed by atoms with E-state index in [0.29, 0.717) is 6.42 Å². The zero-order chi connectivity index (χ0) is 13.2. The van der Waals surface area contributed by atoms with E-state index in [2.05, 4.69) is 0 Å². The molecule has 2 rings (SSSR count). The Kier molecular flexibility index (Phi) is 3.48. The molecule has 0 bridgehead atoms. The number of rotatable bonds is 3. The fraction of sp³-hybridized carbons (Fsp3) is 0.250. The van der Waals surface area contributed by atoms with Crippen molar-refractivity contribution in [1.82, 2.24) is 0 Å². The van der Waals surface area contributed by atoms with Crippen LogP contribution < -0.4 is 0 Å². The van der Waals surface area contributed by atoms with Crippen molar-refractivity contribution in [1.29, 1.82) is 0 Å². The van der Waals surface area contributed by atoms with Gasteiger partial charge in [0.2, 0.25) is 0 Å². The predicted octanol–water partition coefficient (Wildman–Crippen LogP) is 3.58. The minimum Gasteiger partial charge on any atom is -0.385 e.